The molecule has 0 amide bonds. The van der Waals surface area contributed by atoms with Gasteiger partial charge in [-0.15, -0.1) is 0 Å². The van der Waals surface area contributed by atoms with Crippen LogP contribution in [0.4, 0.5) is 5.69 Å². The van der Waals surface area contributed by atoms with E-state index in [0.717, 1.165) is 19.4 Å². The molecule has 1 N–H and O–H groups in total. The van der Waals surface area contributed by atoms with Gasteiger partial charge in [0.2, 0.25) is 0 Å². The van der Waals surface area contributed by atoms with Crippen LogP contribution in [-0.4, -0.2) is 29.3 Å². The molecule has 2 heterocycles. The molecular weight excluding hydrogens is 200 g/mol. The highest BCUT2D eigenvalue weighted by Gasteiger charge is 2.21. The standard InChI is InChI=1S/C13H20N2O/c16-11-3-5-12-4-1-2-10-15(12)13-6-8-14-9-7-13/h6-9,12,16H,1-5,10-11H2. The van der Waals surface area contributed by atoms with Crippen molar-refractivity contribution in [3.63, 3.8) is 0 Å². The molecule has 1 atom stereocenters. The molecule has 1 unspecified atom stereocenters. The quantitative estimate of drug-likeness (QED) is 0.845. The van der Waals surface area contributed by atoms with Crippen LogP contribution in [0.3, 0.4) is 0 Å². The Bertz CT molecular complexity index is 302. The molecule has 16 heavy (non-hydrogen) atoms. The van der Waals surface area contributed by atoms with Crippen LogP contribution in [0.15, 0.2) is 24.5 Å². The van der Waals surface area contributed by atoms with Gasteiger partial charge in [-0.1, -0.05) is 0 Å². The van der Waals surface area contributed by atoms with Gasteiger partial charge in [0.25, 0.3) is 0 Å². The van der Waals surface area contributed by atoms with Crippen LogP contribution in [0.5, 0.6) is 0 Å². The van der Waals surface area contributed by atoms with E-state index in [1.807, 2.05) is 12.4 Å². The lowest BCUT2D eigenvalue weighted by molar-refractivity contribution is 0.273. The average molecular weight is 220 g/mol. The molecule has 1 aliphatic heterocycles. The topological polar surface area (TPSA) is 36.4 Å². The van der Waals surface area contributed by atoms with Crippen molar-refractivity contribution >= 4 is 5.69 Å². The van der Waals surface area contributed by atoms with E-state index >= 15 is 0 Å². The monoisotopic (exact) mass is 220 g/mol. The fraction of sp³-hybridized carbons (Fsp3) is 0.615. The maximum atomic E-state index is 8.93. The summed E-state index contributed by atoms with van der Waals surface area (Å²) in [7, 11) is 0. The third-order valence-corrected chi connectivity index (χ3v) is 3.32. The normalized spacial score (nSPS) is 21.1. The number of hydrogen-bond donors (Lipinski definition) is 1. The fourth-order valence-electron chi connectivity index (χ4n) is 2.50. The minimum atomic E-state index is 0.306. The molecule has 1 aromatic heterocycles. The zero-order valence-electron chi connectivity index (χ0n) is 9.68. The van der Waals surface area contributed by atoms with Crippen LogP contribution in [0, 0.1) is 0 Å². The highest BCUT2D eigenvalue weighted by atomic mass is 16.2. The first-order chi connectivity index (χ1) is 7.92. The number of anilines is 1. The van der Waals surface area contributed by atoms with E-state index in [2.05, 4.69) is 22.0 Å². The average Bonchev–Trinajstić information content (AvgIpc) is 2.38. The smallest absolute Gasteiger partial charge is 0.0431 e. The van der Waals surface area contributed by atoms with Crippen LogP contribution >= 0.6 is 0 Å². The van der Waals surface area contributed by atoms with Gasteiger partial charge in [-0.25, -0.2) is 0 Å². The lowest BCUT2D eigenvalue weighted by atomic mass is 9.97. The number of aromatic nitrogens is 1. The maximum absolute atomic E-state index is 8.93. The molecule has 0 bridgehead atoms. The molecule has 0 spiro atoms. The minimum Gasteiger partial charge on any atom is -0.396 e. The fourth-order valence-corrected chi connectivity index (χ4v) is 2.50. The first kappa shape index (κ1) is 11.4. The number of aliphatic hydroxyl groups excluding tert-OH is 1. The van der Waals surface area contributed by atoms with Crippen molar-refractivity contribution in [2.75, 3.05) is 18.1 Å². The Morgan fingerprint density at radius 3 is 2.88 bits per heavy atom. The van der Waals surface area contributed by atoms with Crippen LogP contribution < -0.4 is 4.90 Å². The first-order valence-electron chi connectivity index (χ1n) is 6.19. The van der Waals surface area contributed by atoms with Crippen molar-refractivity contribution in [3.8, 4) is 0 Å². The van der Waals surface area contributed by atoms with E-state index in [0.29, 0.717) is 12.6 Å². The Hall–Kier alpha value is -1.09. The zero-order valence-corrected chi connectivity index (χ0v) is 9.68. The first-order valence-corrected chi connectivity index (χ1v) is 6.19. The lowest BCUT2D eigenvalue weighted by Crippen LogP contribution is -2.39. The molecular formula is C13H20N2O. The largest absolute Gasteiger partial charge is 0.396 e. The Morgan fingerprint density at radius 1 is 1.31 bits per heavy atom. The summed E-state index contributed by atoms with van der Waals surface area (Å²) >= 11 is 0. The summed E-state index contributed by atoms with van der Waals surface area (Å²) in [5.74, 6) is 0. The molecule has 3 nitrogen and oxygen atoms in total. The Balaban J connectivity index is 2.04. The third kappa shape index (κ3) is 2.73. The predicted molar refractivity (Wildman–Crippen MR) is 65.5 cm³/mol. The molecule has 0 radical (unpaired) electrons. The van der Waals surface area contributed by atoms with Gasteiger partial charge in [0.1, 0.15) is 0 Å². The molecule has 3 heteroatoms. The van der Waals surface area contributed by atoms with E-state index < -0.39 is 0 Å². The molecule has 2 rings (SSSR count). The predicted octanol–water partition coefficient (Wildman–Crippen LogP) is 2.21. The number of pyridine rings is 1. The van der Waals surface area contributed by atoms with Crippen LogP contribution in [0.1, 0.15) is 32.1 Å². The molecule has 1 saturated heterocycles. The van der Waals surface area contributed by atoms with E-state index in [4.69, 9.17) is 5.11 Å². The van der Waals surface area contributed by atoms with Gasteiger partial charge >= 0.3 is 0 Å². The number of nitrogens with zero attached hydrogens (tertiary/aromatic N) is 2. The van der Waals surface area contributed by atoms with Gasteiger partial charge in [-0.3, -0.25) is 4.98 Å². The molecule has 0 saturated carbocycles. The van der Waals surface area contributed by atoms with Gasteiger partial charge in [0.05, 0.1) is 0 Å². The lowest BCUT2D eigenvalue weighted by Gasteiger charge is -2.37. The van der Waals surface area contributed by atoms with Crippen LogP contribution in [0.25, 0.3) is 0 Å². The zero-order chi connectivity index (χ0) is 11.2. The van der Waals surface area contributed by atoms with Gasteiger partial charge < -0.3 is 10.0 Å². The number of hydrogen-bond acceptors (Lipinski definition) is 3. The van der Waals surface area contributed by atoms with E-state index in [9.17, 15) is 0 Å². The van der Waals surface area contributed by atoms with Crippen LogP contribution in [0.2, 0.25) is 0 Å². The number of rotatable bonds is 4. The molecule has 1 aromatic rings. The third-order valence-electron chi connectivity index (χ3n) is 3.32. The molecule has 0 aliphatic carbocycles. The molecule has 0 aromatic carbocycles. The maximum Gasteiger partial charge on any atom is 0.0431 e. The summed E-state index contributed by atoms with van der Waals surface area (Å²) in [6, 6.07) is 4.76. The number of piperidine rings is 1. The van der Waals surface area contributed by atoms with Gasteiger partial charge in [-0.2, -0.15) is 0 Å². The van der Waals surface area contributed by atoms with Crippen molar-refractivity contribution < 1.29 is 5.11 Å². The molecule has 88 valence electrons. The second kappa shape index (κ2) is 5.85. The molecule has 1 aliphatic rings. The van der Waals surface area contributed by atoms with E-state index in [1.54, 1.807) is 0 Å². The van der Waals surface area contributed by atoms with Crippen LogP contribution in [-0.2, 0) is 0 Å². The Morgan fingerprint density at radius 2 is 2.12 bits per heavy atom. The summed E-state index contributed by atoms with van der Waals surface area (Å²) in [6.45, 7) is 1.45. The summed E-state index contributed by atoms with van der Waals surface area (Å²) in [5.41, 5.74) is 1.28. The Labute approximate surface area is 97.1 Å². The highest BCUT2D eigenvalue weighted by molar-refractivity contribution is 5.46. The highest BCUT2D eigenvalue weighted by Crippen LogP contribution is 2.26. The van der Waals surface area contributed by atoms with Crippen molar-refractivity contribution in [1.29, 1.82) is 0 Å². The van der Waals surface area contributed by atoms with Crippen molar-refractivity contribution in [1.82, 2.24) is 4.98 Å². The summed E-state index contributed by atoms with van der Waals surface area (Å²) in [4.78, 5) is 6.53. The minimum absolute atomic E-state index is 0.306. The summed E-state index contributed by atoms with van der Waals surface area (Å²) in [6.07, 6.45) is 9.56. The second-order valence-corrected chi connectivity index (χ2v) is 4.41. The van der Waals surface area contributed by atoms with Crippen molar-refractivity contribution in [2.45, 2.75) is 38.1 Å². The Kier molecular flexibility index (Phi) is 4.17. The van der Waals surface area contributed by atoms with E-state index in [-0.39, 0.29) is 0 Å². The van der Waals surface area contributed by atoms with Gasteiger partial charge in [0.15, 0.2) is 0 Å². The second-order valence-electron chi connectivity index (χ2n) is 4.41. The molecule has 1 fully saturated rings. The summed E-state index contributed by atoms with van der Waals surface area (Å²) in [5, 5.41) is 8.93. The SMILES string of the molecule is OCCCC1CCCCN1c1ccncc1. The summed E-state index contributed by atoms with van der Waals surface area (Å²) < 4.78 is 0. The van der Waals surface area contributed by atoms with Gasteiger partial charge in [-0.05, 0) is 44.2 Å². The van der Waals surface area contributed by atoms with Crippen molar-refractivity contribution in [2.24, 2.45) is 0 Å². The number of aliphatic hydroxyl groups is 1. The van der Waals surface area contributed by atoms with E-state index in [1.165, 1.54) is 24.9 Å². The van der Waals surface area contributed by atoms with Gasteiger partial charge in [0, 0.05) is 37.3 Å². The van der Waals surface area contributed by atoms with Crippen molar-refractivity contribution in [3.05, 3.63) is 24.5 Å².